The van der Waals surface area contributed by atoms with E-state index in [0.717, 1.165) is 24.1 Å². The molecule has 0 amide bonds. The van der Waals surface area contributed by atoms with Crippen molar-refractivity contribution in [2.75, 3.05) is 11.4 Å². The number of nitrogens with zero attached hydrogens (tertiary/aromatic N) is 3. The third-order valence-electron chi connectivity index (χ3n) is 4.53. The minimum atomic E-state index is -0.825. The molecule has 1 unspecified atom stereocenters. The molecule has 1 fully saturated rings. The number of hydrogen-bond donors (Lipinski definition) is 1. The number of aliphatic carboxylic acids is 1. The first-order chi connectivity index (χ1) is 11.5. The lowest BCUT2D eigenvalue weighted by molar-refractivity contribution is -0.139. The van der Waals surface area contributed by atoms with Crippen molar-refractivity contribution in [1.82, 2.24) is 9.97 Å². The van der Waals surface area contributed by atoms with Crippen LogP contribution < -0.4 is 4.90 Å². The Kier molecular flexibility index (Phi) is 4.46. The van der Waals surface area contributed by atoms with Gasteiger partial charge in [-0.2, -0.15) is 0 Å². The molecular formula is C18H20FN3O2. The molecule has 24 heavy (non-hydrogen) atoms. The molecule has 3 rings (SSSR count). The Hall–Kier alpha value is -2.50. The maximum atomic E-state index is 13.1. The Morgan fingerprint density at radius 3 is 2.58 bits per heavy atom. The standard InChI is InChI=1S/C18H20FN3O2/c1-11-12(2)20-16(13-6-8-14(19)9-7-13)21-17(11)22-10-4-3-5-15(22)18(23)24/h6-9,15H,3-5,10H2,1-2H3,(H,23,24). The summed E-state index contributed by atoms with van der Waals surface area (Å²) in [5, 5.41) is 9.52. The molecule has 1 aromatic carbocycles. The molecule has 1 N–H and O–H groups in total. The number of benzene rings is 1. The number of anilines is 1. The highest BCUT2D eigenvalue weighted by Crippen LogP contribution is 2.29. The molecule has 1 saturated heterocycles. The molecular weight excluding hydrogens is 309 g/mol. The van der Waals surface area contributed by atoms with Gasteiger partial charge in [-0.15, -0.1) is 0 Å². The molecule has 1 atom stereocenters. The highest BCUT2D eigenvalue weighted by atomic mass is 19.1. The second-order valence-electron chi connectivity index (χ2n) is 6.13. The number of hydrogen-bond acceptors (Lipinski definition) is 4. The zero-order chi connectivity index (χ0) is 17.3. The molecule has 0 spiro atoms. The lowest BCUT2D eigenvalue weighted by atomic mass is 10.0. The highest BCUT2D eigenvalue weighted by Gasteiger charge is 2.31. The highest BCUT2D eigenvalue weighted by molar-refractivity contribution is 5.78. The number of aromatic nitrogens is 2. The molecule has 0 saturated carbocycles. The van der Waals surface area contributed by atoms with Gasteiger partial charge in [-0.25, -0.2) is 19.2 Å². The average Bonchev–Trinajstić information content (AvgIpc) is 2.58. The van der Waals surface area contributed by atoms with Crippen molar-refractivity contribution in [3.05, 3.63) is 41.3 Å². The predicted octanol–water partition coefficient (Wildman–Crippen LogP) is 3.34. The molecule has 0 aliphatic carbocycles. The summed E-state index contributed by atoms with van der Waals surface area (Å²) in [6.07, 6.45) is 2.46. The van der Waals surface area contributed by atoms with Crippen LogP contribution in [0.15, 0.2) is 24.3 Å². The summed E-state index contributed by atoms with van der Waals surface area (Å²) in [5.74, 6) is 0.00946. The van der Waals surface area contributed by atoms with E-state index in [4.69, 9.17) is 0 Å². The fraction of sp³-hybridized carbons (Fsp3) is 0.389. The zero-order valence-electron chi connectivity index (χ0n) is 13.8. The van der Waals surface area contributed by atoms with Gasteiger partial charge < -0.3 is 10.0 Å². The monoisotopic (exact) mass is 329 g/mol. The Balaban J connectivity index is 2.07. The molecule has 2 aromatic rings. The zero-order valence-corrected chi connectivity index (χ0v) is 13.8. The first-order valence-corrected chi connectivity index (χ1v) is 8.08. The van der Waals surface area contributed by atoms with E-state index in [9.17, 15) is 14.3 Å². The van der Waals surface area contributed by atoms with E-state index >= 15 is 0 Å². The van der Waals surface area contributed by atoms with Gasteiger partial charge in [0.2, 0.25) is 0 Å². The van der Waals surface area contributed by atoms with Crippen molar-refractivity contribution in [3.8, 4) is 11.4 Å². The van der Waals surface area contributed by atoms with Gasteiger partial charge in [0, 0.05) is 23.4 Å². The fourth-order valence-electron chi connectivity index (χ4n) is 3.06. The van der Waals surface area contributed by atoms with Gasteiger partial charge in [-0.1, -0.05) is 0 Å². The topological polar surface area (TPSA) is 66.3 Å². The van der Waals surface area contributed by atoms with Crippen LogP contribution in [0.5, 0.6) is 0 Å². The number of rotatable bonds is 3. The smallest absolute Gasteiger partial charge is 0.326 e. The van der Waals surface area contributed by atoms with E-state index < -0.39 is 12.0 Å². The van der Waals surface area contributed by atoms with E-state index in [1.807, 2.05) is 18.7 Å². The molecule has 6 heteroatoms. The largest absolute Gasteiger partial charge is 0.480 e. The van der Waals surface area contributed by atoms with Crippen LogP contribution in [-0.2, 0) is 4.79 Å². The third kappa shape index (κ3) is 3.09. The van der Waals surface area contributed by atoms with Gasteiger partial charge in [0.05, 0.1) is 0 Å². The van der Waals surface area contributed by atoms with Gasteiger partial charge in [0.1, 0.15) is 17.7 Å². The second-order valence-corrected chi connectivity index (χ2v) is 6.13. The summed E-state index contributed by atoms with van der Waals surface area (Å²) in [7, 11) is 0. The lowest BCUT2D eigenvalue weighted by Crippen LogP contribution is -2.45. The summed E-state index contributed by atoms with van der Waals surface area (Å²) in [4.78, 5) is 22.6. The van der Waals surface area contributed by atoms with Crippen molar-refractivity contribution in [1.29, 1.82) is 0 Å². The minimum absolute atomic E-state index is 0.315. The average molecular weight is 329 g/mol. The van der Waals surface area contributed by atoms with Crippen molar-refractivity contribution < 1.29 is 14.3 Å². The minimum Gasteiger partial charge on any atom is -0.480 e. The summed E-state index contributed by atoms with van der Waals surface area (Å²) < 4.78 is 13.1. The summed E-state index contributed by atoms with van der Waals surface area (Å²) in [5.41, 5.74) is 2.40. The normalized spacial score (nSPS) is 17.8. The van der Waals surface area contributed by atoms with E-state index in [-0.39, 0.29) is 5.82 Å². The number of carboxylic acid groups (broad SMARTS) is 1. The number of carboxylic acids is 1. The molecule has 2 heterocycles. The second kappa shape index (κ2) is 6.55. The summed E-state index contributed by atoms with van der Waals surface area (Å²) in [6, 6.07) is 5.44. The maximum Gasteiger partial charge on any atom is 0.326 e. The third-order valence-corrected chi connectivity index (χ3v) is 4.53. The quantitative estimate of drug-likeness (QED) is 0.935. The number of halogens is 1. The number of piperidine rings is 1. The molecule has 5 nitrogen and oxygen atoms in total. The van der Waals surface area contributed by atoms with Crippen LogP contribution in [0.4, 0.5) is 10.2 Å². The van der Waals surface area contributed by atoms with E-state index in [2.05, 4.69) is 9.97 Å². The van der Waals surface area contributed by atoms with Crippen LogP contribution in [0.2, 0.25) is 0 Å². The van der Waals surface area contributed by atoms with Gasteiger partial charge >= 0.3 is 5.97 Å². The molecule has 1 aliphatic heterocycles. The molecule has 0 radical (unpaired) electrons. The van der Waals surface area contributed by atoms with Crippen molar-refractivity contribution in [2.45, 2.75) is 39.2 Å². The van der Waals surface area contributed by atoms with Gasteiger partial charge in [0.25, 0.3) is 0 Å². The van der Waals surface area contributed by atoms with Crippen LogP contribution in [0.25, 0.3) is 11.4 Å². The summed E-state index contributed by atoms with van der Waals surface area (Å²) >= 11 is 0. The Labute approximate surface area is 140 Å². The van der Waals surface area contributed by atoms with Crippen LogP contribution in [0.3, 0.4) is 0 Å². The van der Waals surface area contributed by atoms with Crippen LogP contribution in [0.1, 0.15) is 30.5 Å². The van der Waals surface area contributed by atoms with Crippen LogP contribution >= 0.6 is 0 Å². The van der Waals surface area contributed by atoms with E-state index in [1.165, 1.54) is 12.1 Å². The van der Waals surface area contributed by atoms with Gasteiger partial charge in [-0.3, -0.25) is 0 Å². The van der Waals surface area contributed by atoms with E-state index in [0.29, 0.717) is 30.2 Å². The van der Waals surface area contributed by atoms with Crippen molar-refractivity contribution >= 4 is 11.8 Å². The molecule has 1 aliphatic rings. The lowest BCUT2D eigenvalue weighted by Gasteiger charge is -2.35. The molecule has 126 valence electrons. The number of aryl methyl sites for hydroxylation is 1. The molecule has 1 aromatic heterocycles. The first kappa shape index (κ1) is 16.4. The Morgan fingerprint density at radius 2 is 1.92 bits per heavy atom. The first-order valence-electron chi connectivity index (χ1n) is 8.08. The van der Waals surface area contributed by atoms with E-state index in [1.54, 1.807) is 12.1 Å². The SMILES string of the molecule is Cc1nc(-c2ccc(F)cc2)nc(N2CCCCC2C(=O)O)c1C. The molecule has 0 bridgehead atoms. The Morgan fingerprint density at radius 1 is 1.21 bits per heavy atom. The fourth-order valence-corrected chi connectivity index (χ4v) is 3.06. The van der Waals surface area contributed by atoms with Crippen molar-refractivity contribution in [3.63, 3.8) is 0 Å². The number of carbonyl (C=O) groups is 1. The predicted molar refractivity (Wildman–Crippen MR) is 89.5 cm³/mol. The van der Waals surface area contributed by atoms with Gasteiger partial charge in [-0.05, 0) is 57.4 Å². The van der Waals surface area contributed by atoms with Gasteiger partial charge in [0.15, 0.2) is 5.82 Å². The van der Waals surface area contributed by atoms with Crippen molar-refractivity contribution in [2.24, 2.45) is 0 Å². The maximum absolute atomic E-state index is 13.1. The summed E-state index contributed by atoms with van der Waals surface area (Å²) in [6.45, 7) is 4.46. The van der Waals surface area contributed by atoms with Crippen LogP contribution in [-0.4, -0.2) is 33.6 Å². The van der Waals surface area contributed by atoms with Crippen LogP contribution in [0, 0.1) is 19.7 Å². The Bertz CT molecular complexity index is 762.